The van der Waals surface area contributed by atoms with Crippen LogP contribution in [-0.2, 0) is 17.6 Å². The quantitative estimate of drug-likeness (QED) is 0.564. The molecule has 3 rings (SSSR count). The Morgan fingerprint density at radius 1 is 1.19 bits per heavy atom. The van der Waals surface area contributed by atoms with E-state index in [2.05, 4.69) is 28.1 Å². The minimum Gasteiger partial charge on any atom is -0.496 e. The Labute approximate surface area is 172 Å². The molecule has 1 amide bonds. The number of thioether (sulfide) groups is 1. The number of methoxy groups -OCH3 is 1. The summed E-state index contributed by atoms with van der Waals surface area (Å²) < 4.78 is 6.85. The maximum atomic E-state index is 12.8. The molecule has 2 aromatic carbocycles. The van der Waals surface area contributed by atoms with Crippen LogP contribution in [0.2, 0.25) is 0 Å². The monoisotopic (exact) mass is 449 g/mol. The Balaban J connectivity index is 1.57. The van der Waals surface area contributed by atoms with Gasteiger partial charge in [0.1, 0.15) is 10.1 Å². The molecule has 2 aromatic rings. The second-order valence-electron chi connectivity index (χ2n) is 6.12. The molecule has 0 saturated carbocycles. The molecule has 0 aliphatic carbocycles. The number of hydrogen-bond donors (Lipinski definition) is 0. The van der Waals surface area contributed by atoms with Gasteiger partial charge < -0.3 is 4.74 Å². The lowest BCUT2D eigenvalue weighted by Gasteiger charge is -2.15. The van der Waals surface area contributed by atoms with Gasteiger partial charge in [-0.3, -0.25) is 9.69 Å². The van der Waals surface area contributed by atoms with E-state index in [1.807, 2.05) is 36.4 Å². The molecule has 6 heteroatoms. The molecular weight excluding hydrogens is 430 g/mol. The van der Waals surface area contributed by atoms with Gasteiger partial charge in [0.15, 0.2) is 0 Å². The number of amides is 1. The fourth-order valence-electron chi connectivity index (χ4n) is 2.97. The molecule has 1 atom stereocenters. The first kappa shape index (κ1) is 19.4. The Morgan fingerprint density at radius 2 is 1.96 bits per heavy atom. The predicted octanol–water partition coefficient (Wildman–Crippen LogP) is 4.86. The SMILES string of the molecule is COc1ccc(C[C@H]2SC(=S)N(CCCc3ccccc3)C2=O)cc1Br. The number of carbonyl (C=O) groups excluding carboxylic acids is 1. The maximum absolute atomic E-state index is 12.8. The van der Waals surface area contributed by atoms with E-state index >= 15 is 0 Å². The van der Waals surface area contributed by atoms with Crippen LogP contribution in [0, 0.1) is 0 Å². The van der Waals surface area contributed by atoms with Crippen LogP contribution in [0.3, 0.4) is 0 Å². The Morgan fingerprint density at radius 3 is 2.65 bits per heavy atom. The second-order valence-corrected chi connectivity index (χ2v) is 8.82. The van der Waals surface area contributed by atoms with Gasteiger partial charge in [-0.15, -0.1) is 0 Å². The number of thiocarbonyl (C=S) groups is 1. The number of hydrogen-bond acceptors (Lipinski definition) is 4. The van der Waals surface area contributed by atoms with Crippen molar-refractivity contribution < 1.29 is 9.53 Å². The topological polar surface area (TPSA) is 29.5 Å². The summed E-state index contributed by atoms with van der Waals surface area (Å²) in [6, 6.07) is 16.2. The molecular formula is C20H20BrNO2S2. The lowest BCUT2D eigenvalue weighted by molar-refractivity contribution is -0.126. The standard InChI is InChI=1S/C20H20BrNO2S2/c1-24-17-10-9-15(12-16(17)21)13-18-19(23)22(20(25)26-18)11-5-8-14-6-3-2-4-7-14/h2-4,6-7,9-10,12,18H,5,8,11,13H2,1H3/t18-/m1/s1. The molecule has 0 radical (unpaired) electrons. The molecule has 1 aliphatic heterocycles. The van der Waals surface area contributed by atoms with E-state index in [0.29, 0.717) is 17.3 Å². The third kappa shape index (κ3) is 4.67. The largest absolute Gasteiger partial charge is 0.496 e. The van der Waals surface area contributed by atoms with E-state index in [1.54, 1.807) is 12.0 Å². The van der Waals surface area contributed by atoms with Crippen LogP contribution in [0.4, 0.5) is 0 Å². The summed E-state index contributed by atoms with van der Waals surface area (Å²) in [6.07, 6.45) is 2.53. The van der Waals surface area contributed by atoms with Gasteiger partial charge >= 0.3 is 0 Å². The van der Waals surface area contributed by atoms with Crippen LogP contribution in [0.25, 0.3) is 0 Å². The Bertz CT molecular complexity index is 798. The van der Waals surface area contributed by atoms with Crippen molar-refractivity contribution in [3.05, 3.63) is 64.1 Å². The van der Waals surface area contributed by atoms with Crippen molar-refractivity contribution in [1.82, 2.24) is 4.90 Å². The number of ether oxygens (including phenoxy) is 1. The number of carbonyl (C=O) groups is 1. The molecule has 1 saturated heterocycles. The van der Waals surface area contributed by atoms with E-state index in [4.69, 9.17) is 17.0 Å². The van der Waals surface area contributed by atoms with Gasteiger partial charge in [-0.1, -0.05) is 60.4 Å². The summed E-state index contributed by atoms with van der Waals surface area (Å²) in [5.74, 6) is 0.914. The minimum absolute atomic E-state index is 0.125. The molecule has 26 heavy (non-hydrogen) atoms. The van der Waals surface area contributed by atoms with E-state index in [0.717, 1.165) is 28.6 Å². The van der Waals surface area contributed by atoms with Crippen LogP contribution in [0.5, 0.6) is 5.75 Å². The fraction of sp³-hybridized carbons (Fsp3) is 0.300. The number of benzene rings is 2. The highest BCUT2D eigenvalue weighted by molar-refractivity contribution is 9.10. The summed E-state index contributed by atoms with van der Waals surface area (Å²) >= 11 is 10.4. The summed E-state index contributed by atoms with van der Waals surface area (Å²) in [4.78, 5) is 14.5. The molecule has 0 bridgehead atoms. The molecule has 0 unspecified atom stereocenters. The van der Waals surface area contributed by atoms with Crippen molar-refractivity contribution in [1.29, 1.82) is 0 Å². The summed E-state index contributed by atoms with van der Waals surface area (Å²) in [6.45, 7) is 0.683. The lowest BCUT2D eigenvalue weighted by atomic mass is 10.1. The van der Waals surface area contributed by atoms with Crippen LogP contribution >= 0.6 is 39.9 Å². The zero-order valence-electron chi connectivity index (χ0n) is 14.5. The van der Waals surface area contributed by atoms with E-state index in [1.165, 1.54) is 17.3 Å². The highest BCUT2D eigenvalue weighted by Crippen LogP contribution is 2.32. The minimum atomic E-state index is -0.139. The van der Waals surface area contributed by atoms with Gasteiger partial charge in [0.25, 0.3) is 0 Å². The average molecular weight is 450 g/mol. The lowest BCUT2D eigenvalue weighted by Crippen LogP contribution is -2.33. The summed E-state index contributed by atoms with van der Waals surface area (Å²) in [7, 11) is 1.64. The smallest absolute Gasteiger partial charge is 0.241 e. The normalized spacial score (nSPS) is 17.0. The molecule has 0 aromatic heterocycles. The van der Waals surface area contributed by atoms with Crippen LogP contribution in [0.15, 0.2) is 53.0 Å². The van der Waals surface area contributed by atoms with Gasteiger partial charge in [-0.2, -0.15) is 0 Å². The van der Waals surface area contributed by atoms with Crippen molar-refractivity contribution in [2.75, 3.05) is 13.7 Å². The molecule has 0 N–H and O–H groups in total. The highest BCUT2D eigenvalue weighted by atomic mass is 79.9. The Hall–Kier alpha value is -1.37. The first-order chi connectivity index (χ1) is 12.6. The van der Waals surface area contributed by atoms with Crippen molar-refractivity contribution in [2.45, 2.75) is 24.5 Å². The summed E-state index contributed by atoms with van der Waals surface area (Å²) in [5, 5.41) is -0.139. The summed E-state index contributed by atoms with van der Waals surface area (Å²) in [5.41, 5.74) is 2.38. The molecule has 0 spiro atoms. The number of nitrogens with zero attached hydrogens (tertiary/aromatic N) is 1. The van der Waals surface area contributed by atoms with Gasteiger partial charge in [0.05, 0.1) is 16.8 Å². The van der Waals surface area contributed by atoms with E-state index in [9.17, 15) is 4.79 Å². The molecule has 1 fully saturated rings. The van der Waals surface area contributed by atoms with E-state index in [-0.39, 0.29) is 11.2 Å². The van der Waals surface area contributed by atoms with Crippen molar-refractivity contribution in [3.8, 4) is 5.75 Å². The zero-order valence-corrected chi connectivity index (χ0v) is 17.7. The van der Waals surface area contributed by atoms with Gasteiger partial charge in [-0.25, -0.2) is 0 Å². The molecule has 3 nitrogen and oxygen atoms in total. The molecule has 1 heterocycles. The maximum Gasteiger partial charge on any atom is 0.241 e. The van der Waals surface area contributed by atoms with E-state index < -0.39 is 0 Å². The molecule has 136 valence electrons. The van der Waals surface area contributed by atoms with Gasteiger partial charge in [-0.05, 0) is 58.5 Å². The Kier molecular flexibility index (Phi) is 6.73. The fourth-order valence-corrected chi connectivity index (χ4v) is 5.14. The first-order valence-electron chi connectivity index (χ1n) is 8.47. The average Bonchev–Trinajstić information content (AvgIpc) is 2.90. The van der Waals surface area contributed by atoms with Crippen LogP contribution < -0.4 is 4.74 Å². The number of halogens is 1. The number of rotatable bonds is 7. The first-order valence-corrected chi connectivity index (χ1v) is 10.5. The third-order valence-electron chi connectivity index (χ3n) is 4.33. The van der Waals surface area contributed by atoms with Crippen molar-refractivity contribution in [3.63, 3.8) is 0 Å². The predicted molar refractivity (Wildman–Crippen MR) is 115 cm³/mol. The van der Waals surface area contributed by atoms with Crippen LogP contribution in [-0.4, -0.2) is 34.0 Å². The van der Waals surface area contributed by atoms with Gasteiger partial charge in [0, 0.05) is 6.54 Å². The zero-order chi connectivity index (χ0) is 18.5. The van der Waals surface area contributed by atoms with Crippen molar-refractivity contribution >= 4 is 50.1 Å². The van der Waals surface area contributed by atoms with Crippen LogP contribution in [0.1, 0.15) is 17.5 Å². The van der Waals surface area contributed by atoms with Gasteiger partial charge in [0.2, 0.25) is 5.91 Å². The third-order valence-corrected chi connectivity index (χ3v) is 6.54. The second kappa shape index (κ2) is 9.02. The highest BCUT2D eigenvalue weighted by Gasteiger charge is 2.36. The molecule has 1 aliphatic rings. The number of aryl methyl sites for hydroxylation is 1. The van der Waals surface area contributed by atoms with Crippen molar-refractivity contribution in [2.24, 2.45) is 0 Å².